The van der Waals surface area contributed by atoms with E-state index in [4.69, 9.17) is 13.3 Å². The molecule has 1 amide bonds. The van der Waals surface area contributed by atoms with Crippen molar-refractivity contribution in [3.63, 3.8) is 0 Å². The van der Waals surface area contributed by atoms with Gasteiger partial charge in [0.05, 0.1) is 12.5 Å². The van der Waals surface area contributed by atoms with Crippen molar-refractivity contribution >= 4 is 11.9 Å². The van der Waals surface area contributed by atoms with E-state index in [1.165, 1.54) is 7.11 Å². The van der Waals surface area contributed by atoms with Gasteiger partial charge in [0.25, 0.3) is 0 Å². The Hall–Kier alpha value is -3.64. The van der Waals surface area contributed by atoms with Crippen LogP contribution < -0.4 is 5.32 Å². The Labute approximate surface area is 202 Å². The van der Waals surface area contributed by atoms with Gasteiger partial charge in [0, 0.05) is 23.8 Å². The average Bonchev–Trinajstić information content (AvgIpc) is 3.52. The Morgan fingerprint density at radius 1 is 0.771 bits per heavy atom. The summed E-state index contributed by atoms with van der Waals surface area (Å²) < 4.78 is 21.4. The molecule has 0 unspecified atom stereocenters. The number of methoxy groups -OCH3 is 1. The van der Waals surface area contributed by atoms with Crippen molar-refractivity contribution in [3.05, 3.63) is 35.3 Å². The first-order valence-corrected chi connectivity index (χ1v) is 11.1. The second-order valence-electron chi connectivity index (χ2n) is 10.5. The van der Waals surface area contributed by atoms with E-state index in [1.54, 1.807) is 0 Å². The Morgan fingerprint density at radius 3 is 1.97 bits per heavy atom. The molecule has 3 heterocycles. The van der Waals surface area contributed by atoms with E-state index in [-0.39, 0.29) is 23.1 Å². The summed E-state index contributed by atoms with van der Waals surface area (Å²) in [7, 11) is 1.23. The minimum absolute atomic E-state index is 0.0774. The fraction of sp³-hybridized carbons (Fsp3) is 0.636. The van der Waals surface area contributed by atoms with Crippen molar-refractivity contribution in [2.45, 2.75) is 77.6 Å². The van der Waals surface area contributed by atoms with E-state index >= 15 is 0 Å². The van der Waals surface area contributed by atoms with Crippen molar-refractivity contribution in [1.29, 1.82) is 0 Å². The SMILES string of the molecule is COC(=O)c1nnc(C(C)(C)Cc2nnc(C(C)(C)CCNC(=O)c3nnc(C(C)(C)C)o3)o2)o1. The molecule has 0 fully saturated rings. The van der Waals surface area contributed by atoms with Gasteiger partial charge in [0.1, 0.15) is 0 Å². The van der Waals surface area contributed by atoms with Crippen molar-refractivity contribution in [2.75, 3.05) is 13.7 Å². The summed E-state index contributed by atoms with van der Waals surface area (Å²) in [5.41, 5.74) is -1.53. The smallest absolute Gasteiger partial charge is 0.396 e. The monoisotopic (exact) mass is 489 g/mol. The van der Waals surface area contributed by atoms with E-state index in [0.717, 1.165) is 0 Å². The highest BCUT2D eigenvalue weighted by Crippen LogP contribution is 2.30. The molecule has 0 bridgehead atoms. The van der Waals surface area contributed by atoms with Gasteiger partial charge in [-0.1, -0.05) is 48.5 Å². The zero-order chi connectivity index (χ0) is 26.0. The lowest BCUT2D eigenvalue weighted by Crippen LogP contribution is -2.30. The predicted octanol–water partition coefficient (Wildman–Crippen LogP) is 2.54. The molecular formula is C22H31N7O6. The molecule has 3 rings (SSSR count). The third kappa shape index (κ3) is 6.08. The van der Waals surface area contributed by atoms with Crippen LogP contribution in [-0.2, 0) is 27.4 Å². The van der Waals surface area contributed by atoms with Crippen molar-refractivity contribution < 1.29 is 27.6 Å². The minimum Gasteiger partial charge on any atom is -0.462 e. The Balaban J connectivity index is 1.58. The molecule has 3 aromatic rings. The lowest BCUT2D eigenvalue weighted by atomic mass is 9.89. The maximum atomic E-state index is 12.4. The number of rotatable bonds is 9. The number of amides is 1. The van der Waals surface area contributed by atoms with Crippen LogP contribution in [0.25, 0.3) is 0 Å². The molecule has 0 saturated carbocycles. The van der Waals surface area contributed by atoms with Crippen LogP contribution >= 0.6 is 0 Å². The number of hydrogen-bond donors (Lipinski definition) is 1. The van der Waals surface area contributed by atoms with Gasteiger partial charge in [0.15, 0.2) is 0 Å². The molecular weight excluding hydrogens is 458 g/mol. The standard InChI is InChI=1S/C22H31N7O6/c1-20(2,3)17-27-25-14(34-17)13(30)23-10-9-21(4,5)18-28-24-12(33-18)11-22(6,7)19-29-26-15(35-19)16(31)32-8/h9-11H2,1-8H3,(H,23,30). The highest BCUT2D eigenvalue weighted by Gasteiger charge is 2.34. The number of nitrogens with one attached hydrogen (secondary N) is 1. The molecule has 0 aliphatic carbocycles. The molecule has 0 aliphatic rings. The summed E-state index contributed by atoms with van der Waals surface area (Å²) in [4.78, 5) is 23.9. The Kier molecular flexibility index (Phi) is 7.08. The largest absolute Gasteiger partial charge is 0.462 e. The molecule has 3 aromatic heterocycles. The third-order valence-electron chi connectivity index (χ3n) is 5.30. The third-order valence-corrected chi connectivity index (χ3v) is 5.30. The van der Waals surface area contributed by atoms with Gasteiger partial charge in [-0.3, -0.25) is 4.79 Å². The molecule has 13 heteroatoms. The van der Waals surface area contributed by atoms with Crippen LogP contribution in [0.15, 0.2) is 13.3 Å². The van der Waals surface area contributed by atoms with Gasteiger partial charge < -0.3 is 23.3 Å². The lowest BCUT2D eigenvalue weighted by Gasteiger charge is -2.20. The number of nitrogens with zero attached hydrogens (tertiary/aromatic N) is 6. The van der Waals surface area contributed by atoms with Gasteiger partial charge >= 0.3 is 23.7 Å². The first-order chi connectivity index (χ1) is 16.2. The van der Waals surface area contributed by atoms with Gasteiger partial charge in [0.2, 0.25) is 23.6 Å². The number of ether oxygens (including phenoxy) is 1. The Bertz CT molecular complexity index is 1190. The highest BCUT2D eigenvalue weighted by atomic mass is 16.5. The van der Waals surface area contributed by atoms with Crippen LogP contribution in [0.3, 0.4) is 0 Å². The van der Waals surface area contributed by atoms with E-state index in [1.807, 2.05) is 48.5 Å². The summed E-state index contributed by atoms with van der Waals surface area (Å²) >= 11 is 0. The normalized spacial score (nSPS) is 12.6. The van der Waals surface area contributed by atoms with Gasteiger partial charge in [-0.25, -0.2) is 4.79 Å². The zero-order valence-electron chi connectivity index (χ0n) is 21.3. The molecule has 0 radical (unpaired) electrons. The van der Waals surface area contributed by atoms with E-state index in [9.17, 15) is 9.59 Å². The van der Waals surface area contributed by atoms with E-state index in [0.29, 0.717) is 37.1 Å². The van der Waals surface area contributed by atoms with Crippen molar-refractivity contribution in [1.82, 2.24) is 35.9 Å². The fourth-order valence-electron chi connectivity index (χ4n) is 3.01. The average molecular weight is 490 g/mol. The predicted molar refractivity (Wildman–Crippen MR) is 120 cm³/mol. The number of aromatic nitrogens is 6. The van der Waals surface area contributed by atoms with Crippen LogP contribution in [0.4, 0.5) is 0 Å². The molecule has 0 saturated heterocycles. The number of carbonyl (C=O) groups excluding carboxylic acids is 2. The molecule has 35 heavy (non-hydrogen) atoms. The number of hydrogen-bond acceptors (Lipinski definition) is 12. The van der Waals surface area contributed by atoms with E-state index < -0.39 is 22.7 Å². The van der Waals surface area contributed by atoms with Gasteiger partial charge in [-0.2, -0.15) is 0 Å². The van der Waals surface area contributed by atoms with Crippen LogP contribution in [0.2, 0.25) is 0 Å². The molecule has 0 spiro atoms. The number of carbonyl (C=O) groups is 2. The molecule has 1 N–H and O–H groups in total. The molecule has 0 atom stereocenters. The maximum Gasteiger partial charge on any atom is 0.396 e. The first-order valence-electron chi connectivity index (χ1n) is 11.1. The summed E-state index contributed by atoms with van der Waals surface area (Å²) in [5.74, 6) is -0.00958. The molecule has 13 nitrogen and oxygen atoms in total. The maximum absolute atomic E-state index is 12.4. The minimum atomic E-state index is -0.706. The van der Waals surface area contributed by atoms with Crippen LogP contribution in [-0.4, -0.2) is 56.1 Å². The van der Waals surface area contributed by atoms with Crippen LogP contribution in [0.1, 0.15) is 99.8 Å². The zero-order valence-corrected chi connectivity index (χ0v) is 21.3. The summed E-state index contributed by atoms with van der Waals surface area (Å²) in [5, 5.41) is 26.5. The van der Waals surface area contributed by atoms with Gasteiger partial charge in [-0.15, -0.1) is 30.6 Å². The summed E-state index contributed by atoms with van der Waals surface area (Å²) in [6.07, 6.45) is 0.832. The second-order valence-corrected chi connectivity index (χ2v) is 10.5. The summed E-state index contributed by atoms with van der Waals surface area (Å²) in [6, 6.07) is 0. The van der Waals surface area contributed by atoms with Crippen molar-refractivity contribution in [3.8, 4) is 0 Å². The van der Waals surface area contributed by atoms with Crippen LogP contribution in [0.5, 0.6) is 0 Å². The topological polar surface area (TPSA) is 172 Å². The summed E-state index contributed by atoms with van der Waals surface area (Å²) in [6.45, 7) is 13.7. The first kappa shape index (κ1) is 26.0. The van der Waals surface area contributed by atoms with Crippen molar-refractivity contribution in [2.24, 2.45) is 0 Å². The molecule has 0 aromatic carbocycles. The quantitative estimate of drug-likeness (QED) is 0.436. The van der Waals surface area contributed by atoms with E-state index in [2.05, 4.69) is 40.6 Å². The lowest BCUT2D eigenvalue weighted by molar-refractivity contribution is 0.0551. The van der Waals surface area contributed by atoms with Crippen LogP contribution in [0, 0.1) is 0 Å². The molecule has 190 valence electrons. The second kappa shape index (κ2) is 9.55. The number of esters is 1. The highest BCUT2D eigenvalue weighted by molar-refractivity contribution is 5.89. The molecule has 0 aliphatic heterocycles. The van der Waals surface area contributed by atoms with Gasteiger partial charge in [-0.05, 0) is 6.42 Å². The Morgan fingerprint density at radius 2 is 1.34 bits per heavy atom. The fourth-order valence-corrected chi connectivity index (χ4v) is 3.01.